The van der Waals surface area contributed by atoms with E-state index in [-0.39, 0.29) is 11.3 Å². The molecule has 3 heterocycles. The molecule has 2 saturated heterocycles. The molecule has 1 unspecified atom stereocenters. The predicted molar refractivity (Wildman–Crippen MR) is 119 cm³/mol. The molecule has 7 nitrogen and oxygen atoms in total. The lowest BCUT2D eigenvalue weighted by molar-refractivity contribution is -0.140. The predicted octanol–water partition coefficient (Wildman–Crippen LogP) is 3.21. The molecule has 2 aliphatic rings. The van der Waals surface area contributed by atoms with Crippen molar-refractivity contribution in [1.29, 1.82) is 0 Å². The van der Waals surface area contributed by atoms with Crippen LogP contribution >= 0.6 is 11.6 Å². The molecule has 2 aliphatic heterocycles. The summed E-state index contributed by atoms with van der Waals surface area (Å²) in [4.78, 5) is 30.1. The maximum absolute atomic E-state index is 13.1. The lowest BCUT2D eigenvalue weighted by Crippen LogP contribution is -2.37. The van der Waals surface area contributed by atoms with Gasteiger partial charge in [-0.1, -0.05) is 23.7 Å². The number of nitrogens with zero attached hydrogens (tertiary/aromatic N) is 4. The van der Waals surface area contributed by atoms with Crippen LogP contribution in [0.3, 0.4) is 0 Å². The van der Waals surface area contributed by atoms with Crippen molar-refractivity contribution in [3.63, 3.8) is 0 Å². The van der Waals surface area contributed by atoms with E-state index in [4.69, 9.17) is 11.6 Å². The number of amides is 1. The number of aryl methyl sites for hydroxylation is 2. The highest BCUT2D eigenvalue weighted by molar-refractivity contribution is 6.46. The van der Waals surface area contributed by atoms with E-state index in [0.717, 1.165) is 31.6 Å². The molecular weight excluding hydrogens is 416 g/mol. The fourth-order valence-corrected chi connectivity index (χ4v) is 4.84. The van der Waals surface area contributed by atoms with Crippen molar-refractivity contribution in [1.82, 2.24) is 19.6 Å². The summed E-state index contributed by atoms with van der Waals surface area (Å²) in [7, 11) is 1.78. The molecule has 164 valence electrons. The van der Waals surface area contributed by atoms with Gasteiger partial charge in [-0.25, -0.2) is 0 Å². The fraction of sp³-hybridized carbons (Fsp3) is 0.435. The molecule has 0 saturated carbocycles. The zero-order valence-corrected chi connectivity index (χ0v) is 18.8. The molecule has 1 atom stereocenters. The quantitative estimate of drug-likeness (QED) is 0.437. The highest BCUT2D eigenvalue weighted by Crippen LogP contribution is 2.40. The lowest BCUT2D eigenvalue weighted by atomic mass is 9.94. The van der Waals surface area contributed by atoms with Gasteiger partial charge in [0.05, 0.1) is 22.9 Å². The van der Waals surface area contributed by atoms with Crippen LogP contribution in [0.25, 0.3) is 5.76 Å². The second kappa shape index (κ2) is 8.48. The molecule has 0 radical (unpaired) electrons. The van der Waals surface area contributed by atoms with E-state index in [1.807, 2.05) is 13.0 Å². The van der Waals surface area contributed by atoms with Gasteiger partial charge in [-0.2, -0.15) is 5.10 Å². The van der Waals surface area contributed by atoms with Gasteiger partial charge >= 0.3 is 0 Å². The van der Waals surface area contributed by atoms with Crippen molar-refractivity contribution in [2.24, 2.45) is 7.05 Å². The van der Waals surface area contributed by atoms with Crippen molar-refractivity contribution < 1.29 is 14.7 Å². The van der Waals surface area contributed by atoms with Gasteiger partial charge in [-0.3, -0.25) is 14.3 Å². The van der Waals surface area contributed by atoms with Crippen molar-refractivity contribution in [2.75, 3.05) is 26.2 Å². The molecule has 8 heteroatoms. The molecule has 2 aromatic rings. The van der Waals surface area contributed by atoms with E-state index < -0.39 is 17.7 Å². The van der Waals surface area contributed by atoms with Gasteiger partial charge in [0.25, 0.3) is 11.7 Å². The van der Waals surface area contributed by atoms with Gasteiger partial charge in [0.15, 0.2) is 0 Å². The lowest BCUT2D eigenvalue weighted by Gasteiger charge is -2.27. The van der Waals surface area contributed by atoms with Crippen LogP contribution in [0.2, 0.25) is 5.02 Å². The maximum Gasteiger partial charge on any atom is 0.295 e. The Morgan fingerprint density at radius 2 is 1.90 bits per heavy atom. The number of ketones is 1. The van der Waals surface area contributed by atoms with Crippen LogP contribution in [0, 0.1) is 13.8 Å². The summed E-state index contributed by atoms with van der Waals surface area (Å²) in [5.41, 5.74) is 2.61. The number of Topliss-reactive ketones (excluding diaryl/α,β-unsaturated/α-hetero) is 1. The molecule has 1 N–H and O–H groups in total. The molecule has 1 aromatic heterocycles. The van der Waals surface area contributed by atoms with Gasteiger partial charge in [0, 0.05) is 30.9 Å². The number of carbonyl (C=O) groups is 2. The zero-order chi connectivity index (χ0) is 22.3. The van der Waals surface area contributed by atoms with Crippen LogP contribution in [-0.4, -0.2) is 62.6 Å². The summed E-state index contributed by atoms with van der Waals surface area (Å²) in [6.07, 6.45) is 2.30. The van der Waals surface area contributed by atoms with E-state index in [2.05, 4.69) is 10.00 Å². The maximum atomic E-state index is 13.1. The summed E-state index contributed by atoms with van der Waals surface area (Å²) >= 11 is 6.23. The molecule has 2 fully saturated rings. The Kier molecular flexibility index (Phi) is 5.90. The van der Waals surface area contributed by atoms with Crippen molar-refractivity contribution in [3.8, 4) is 0 Å². The van der Waals surface area contributed by atoms with Gasteiger partial charge in [0.1, 0.15) is 5.76 Å². The number of benzene rings is 1. The molecule has 1 aromatic carbocycles. The summed E-state index contributed by atoms with van der Waals surface area (Å²) in [5, 5.41) is 16.1. The summed E-state index contributed by atoms with van der Waals surface area (Å²) in [6.45, 7) is 6.70. The Balaban J connectivity index is 1.82. The van der Waals surface area contributed by atoms with Crippen molar-refractivity contribution in [3.05, 3.63) is 57.4 Å². The first-order valence-electron chi connectivity index (χ1n) is 10.6. The average Bonchev–Trinajstić information content (AvgIpc) is 3.40. The fourth-order valence-electron chi connectivity index (χ4n) is 4.64. The molecule has 4 rings (SSSR count). The zero-order valence-electron chi connectivity index (χ0n) is 18.1. The van der Waals surface area contributed by atoms with Gasteiger partial charge in [-0.05, 0) is 57.5 Å². The SMILES string of the molecule is Cc1nn(C)c(C)c1/C(O)=C1\C(=O)C(=O)N(CCN2CCCC2)C1c1cccc(Cl)c1. The van der Waals surface area contributed by atoms with E-state index in [1.165, 1.54) is 0 Å². The van der Waals surface area contributed by atoms with Crippen LogP contribution in [0.1, 0.15) is 41.4 Å². The Hall–Kier alpha value is -2.64. The second-order valence-corrected chi connectivity index (χ2v) is 8.70. The number of aliphatic hydroxyl groups is 1. The third kappa shape index (κ3) is 3.88. The summed E-state index contributed by atoms with van der Waals surface area (Å²) < 4.78 is 1.65. The first kappa shape index (κ1) is 21.6. The van der Waals surface area contributed by atoms with E-state index in [9.17, 15) is 14.7 Å². The van der Waals surface area contributed by atoms with Crippen LogP contribution in [0.15, 0.2) is 29.8 Å². The van der Waals surface area contributed by atoms with Crippen LogP contribution in [0.4, 0.5) is 0 Å². The standard InChI is InChI=1S/C23H27ClN4O3/c1-14-18(15(2)26(3)25-14)21(29)19-20(16-7-6-8-17(24)13-16)28(23(31)22(19)30)12-11-27-9-4-5-10-27/h6-8,13,20,29H,4-5,9-12H2,1-3H3/b21-19+. The first-order valence-corrected chi connectivity index (χ1v) is 10.9. The summed E-state index contributed by atoms with van der Waals surface area (Å²) in [5.74, 6) is -1.45. The number of hydrogen-bond acceptors (Lipinski definition) is 5. The Labute approximate surface area is 186 Å². The molecule has 0 bridgehead atoms. The van der Waals surface area contributed by atoms with Crippen molar-refractivity contribution in [2.45, 2.75) is 32.7 Å². The van der Waals surface area contributed by atoms with Crippen LogP contribution in [-0.2, 0) is 16.6 Å². The Morgan fingerprint density at radius 1 is 1.19 bits per heavy atom. The van der Waals surface area contributed by atoms with Gasteiger partial charge in [0.2, 0.25) is 0 Å². The molecule has 31 heavy (non-hydrogen) atoms. The smallest absolute Gasteiger partial charge is 0.295 e. The Bertz CT molecular complexity index is 1070. The number of likely N-dealkylation sites (tertiary alicyclic amines) is 2. The molecule has 1 amide bonds. The average molecular weight is 443 g/mol. The monoisotopic (exact) mass is 442 g/mol. The number of halogens is 1. The highest BCUT2D eigenvalue weighted by Gasteiger charge is 2.46. The van der Waals surface area contributed by atoms with E-state index in [1.54, 1.807) is 41.8 Å². The van der Waals surface area contributed by atoms with Crippen molar-refractivity contribution >= 4 is 29.1 Å². The van der Waals surface area contributed by atoms with E-state index >= 15 is 0 Å². The molecule has 0 spiro atoms. The van der Waals surface area contributed by atoms with Gasteiger partial charge in [-0.15, -0.1) is 0 Å². The third-order valence-electron chi connectivity index (χ3n) is 6.31. The topological polar surface area (TPSA) is 78.7 Å². The number of aromatic nitrogens is 2. The molecular formula is C23H27ClN4O3. The van der Waals surface area contributed by atoms with Crippen LogP contribution in [0.5, 0.6) is 0 Å². The van der Waals surface area contributed by atoms with Crippen LogP contribution < -0.4 is 0 Å². The number of hydrogen-bond donors (Lipinski definition) is 1. The molecule has 0 aliphatic carbocycles. The Morgan fingerprint density at radius 3 is 2.52 bits per heavy atom. The van der Waals surface area contributed by atoms with E-state index in [0.29, 0.717) is 34.9 Å². The normalized spacial score (nSPS) is 21.4. The number of aliphatic hydroxyl groups excluding tert-OH is 1. The minimum absolute atomic E-state index is 0.0906. The highest BCUT2D eigenvalue weighted by atomic mass is 35.5. The number of carbonyl (C=O) groups excluding carboxylic acids is 2. The first-order chi connectivity index (χ1) is 14.8. The minimum atomic E-state index is -0.694. The second-order valence-electron chi connectivity index (χ2n) is 8.27. The van der Waals surface area contributed by atoms with Gasteiger partial charge < -0.3 is 14.9 Å². The largest absolute Gasteiger partial charge is 0.507 e. The minimum Gasteiger partial charge on any atom is -0.507 e. The summed E-state index contributed by atoms with van der Waals surface area (Å²) in [6, 6.07) is 6.43. The third-order valence-corrected chi connectivity index (χ3v) is 6.54. The number of rotatable bonds is 5.